The molecule has 0 aliphatic rings. The van der Waals surface area contributed by atoms with Crippen LogP contribution in [0.2, 0.25) is 0 Å². The lowest BCUT2D eigenvalue weighted by Crippen LogP contribution is -2.20. The highest BCUT2D eigenvalue weighted by atomic mass is 32.2. The number of amides is 1. The van der Waals surface area contributed by atoms with Crippen LogP contribution >= 0.6 is 11.8 Å². The van der Waals surface area contributed by atoms with Crippen LogP contribution in [-0.4, -0.2) is 27.8 Å². The number of fused-ring (bicyclic) bond motifs is 1. The first kappa shape index (κ1) is 19.0. The van der Waals surface area contributed by atoms with Crippen molar-refractivity contribution in [2.75, 3.05) is 17.7 Å². The minimum Gasteiger partial charge on any atom is -0.492 e. The van der Waals surface area contributed by atoms with E-state index in [1.54, 1.807) is 13.1 Å². The van der Waals surface area contributed by atoms with Gasteiger partial charge in [0, 0.05) is 19.2 Å². The molecule has 0 radical (unpaired) electrons. The Balaban J connectivity index is 1.63. The summed E-state index contributed by atoms with van der Waals surface area (Å²) in [6.45, 7) is 2.43. The molecular weight excluding hydrogens is 362 g/mol. The Kier molecular flexibility index (Phi) is 6.13. The Bertz CT molecular complexity index is 1020. The molecule has 3 rings (SSSR count). The van der Waals surface area contributed by atoms with Gasteiger partial charge >= 0.3 is 0 Å². The van der Waals surface area contributed by atoms with Crippen molar-refractivity contribution in [1.29, 1.82) is 0 Å². The minimum atomic E-state index is -0.111. The predicted molar refractivity (Wildman–Crippen MR) is 109 cm³/mol. The Morgan fingerprint density at radius 2 is 1.93 bits per heavy atom. The monoisotopic (exact) mass is 383 g/mol. The molecule has 6 nitrogen and oxygen atoms in total. The molecule has 1 aromatic heterocycles. The first-order valence-electron chi connectivity index (χ1n) is 8.70. The number of benzene rings is 2. The molecule has 0 bridgehead atoms. The molecule has 0 saturated heterocycles. The SMILES string of the molecule is CCOc1ccccc1NC(=O)CCSc1nc2ccccc2c(=O)n1C. The smallest absolute Gasteiger partial charge is 0.261 e. The Morgan fingerprint density at radius 1 is 1.19 bits per heavy atom. The lowest BCUT2D eigenvalue weighted by atomic mass is 10.2. The number of anilines is 1. The number of nitrogens with one attached hydrogen (secondary N) is 1. The molecule has 1 N–H and O–H groups in total. The second-order valence-corrected chi connectivity index (χ2v) is 6.91. The van der Waals surface area contributed by atoms with Crippen LogP contribution in [0.15, 0.2) is 58.5 Å². The molecule has 0 atom stereocenters. The van der Waals surface area contributed by atoms with Crippen LogP contribution in [0.4, 0.5) is 5.69 Å². The number of nitrogens with zero attached hydrogens (tertiary/aromatic N) is 2. The third-order valence-electron chi connectivity index (χ3n) is 3.96. The normalized spacial score (nSPS) is 10.7. The van der Waals surface area contributed by atoms with Crippen molar-refractivity contribution in [2.24, 2.45) is 7.05 Å². The molecule has 0 aliphatic carbocycles. The summed E-state index contributed by atoms with van der Waals surface area (Å²) in [6.07, 6.45) is 0.299. The highest BCUT2D eigenvalue weighted by molar-refractivity contribution is 7.99. The van der Waals surface area contributed by atoms with E-state index < -0.39 is 0 Å². The molecular formula is C20H21N3O3S. The molecule has 1 amide bonds. The van der Waals surface area contributed by atoms with Crippen molar-refractivity contribution < 1.29 is 9.53 Å². The van der Waals surface area contributed by atoms with E-state index in [0.29, 0.717) is 46.3 Å². The van der Waals surface area contributed by atoms with Crippen LogP contribution in [0.25, 0.3) is 10.9 Å². The predicted octanol–water partition coefficient (Wildman–Crippen LogP) is 3.45. The summed E-state index contributed by atoms with van der Waals surface area (Å²) in [4.78, 5) is 29.2. The molecule has 140 valence electrons. The first-order chi connectivity index (χ1) is 13.1. The van der Waals surface area contributed by atoms with Gasteiger partial charge in [0.05, 0.1) is 23.2 Å². The highest BCUT2D eigenvalue weighted by Gasteiger charge is 2.11. The molecule has 1 heterocycles. The number of rotatable bonds is 7. The van der Waals surface area contributed by atoms with Crippen molar-refractivity contribution in [1.82, 2.24) is 9.55 Å². The lowest BCUT2D eigenvalue weighted by Gasteiger charge is -2.11. The number of carbonyl (C=O) groups is 1. The van der Waals surface area contributed by atoms with E-state index in [2.05, 4.69) is 10.3 Å². The quantitative estimate of drug-likeness (QED) is 0.500. The minimum absolute atomic E-state index is 0.0850. The van der Waals surface area contributed by atoms with Gasteiger partial charge < -0.3 is 10.1 Å². The first-order valence-corrected chi connectivity index (χ1v) is 9.69. The molecule has 27 heavy (non-hydrogen) atoms. The molecule has 0 saturated carbocycles. The van der Waals surface area contributed by atoms with Gasteiger partial charge in [0.15, 0.2) is 5.16 Å². The molecule has 0 fully saturated rings. The largest absolute Gasteiger partial charge is 0.492 e. The number of aromatic nitrogens is 2. The standard InChI is InChI=1S/C20H21N3O3S/c1-3-26-17-11-7-6-10-16(17)21-18(24)12-13-27-20-22-15-9-5-4-8-14(15)19(25)23(20)2/h4-11H,3,12-13H2,1-2H3,(H,21,24). The summed E-state index contributed by atoms with van der Waals surface area (Å²) >= 11 is 1.39. The molecule has 3 aromatic rings. The van der Waals surface area contributed by atoms with Gasteiger partial charge in [-0.3, -0.25) is 14.2 Å². The fourth-order valence-electron chi connectivity index (χ4n) is 2.63. The van der Waals surface area contributed by atoms with Gasteiger partial charge in [-0.25, -0.2) is 4.98 Å². The number of hydrogen-bond donors (Lipinski definition) is 1. The zero-order valence-electron chi connectivity index (χ0n) is 15.3. The van der Waals surface area contributed by atoms with E-state index in [1.807, 2.05) is 49.4 Å². The van der Waals surface area contributed by atoms with Crippen LogP contribution in [0.3, 0.4) is 0 Å². The van der Waals surface area contributed by atoms with Crippen LogP contribution < -0.4 is 15.6 Å². The summed E-state index contributed by atoms with van der Waals surface area (Å²) in [7, 11) is 1.70. The summed E-state index contributed by atoms with van der Waals surface area (Å²) in [6, 6.07) is 14.6. The maximum absolute atomic E-state index is 12.4. The highest BCUT2D eigenvalue weighted by Crippen LogP contribution is 2.24. The molecule has 0 aliphatic heterocycles. The van der Waals surface area contributed by atoms with Gasteiger partial charge in [-0.05, 0) is 31.2 Å². The number of hydrogen-bond acceptors (Lipinski definition) is 5. The zero-order valence-corrected chi connectivity index (χ0v) is 16.1. The van der Waals surface area contributed by atoms with Gasteiger partial charge in [-0.2, -0.15) is 0 Å². The second kappa shape index (κ2) is 8.73. The van der Waals surface area contributed by atoms with E-state index in [-0.39, 0.29) is 11.5 Å². The molecule has 0 unspecified atom stereocenters. The van der Waals surface area contributed by atoms with Crippen LogP contribution in [0.5, 0.6) is 5.75 Å². The van der Waals surface area contributed by atoms with E-state index in [0.717, 1.165) is 0 Å². The fraction of sp³-hybridized carbons (Fsp3) is 0.250. The van der Waals surface area contributed by atoms with E-state index in [1.165, 1.54) is 16.3 Å². The van der Waals surface area contributed by atoms with E-state index in [4.69, 9.17) is 4.74 Å². The lowest BCUT2D eigenvalue weighted by molar-refractivity contribution is -0.115. The molecule has 7 heteroatoms. The number of ether oxygens (including phenoxy) is 1. The van der Waals surface area contributed by atoms with Gasteiger partial charge in [0.25, 0.3) is 5.56 Å². The fourth-order valence-corrected chi connectivity index (χ4v) is 3.54. The number of carbonyl (C=O) groups excluding carboxylic acids is 1. The van der Waals surface area contributed by atoms with Crippen LogP contribution in [0, 0.1) is 0 Å². The van der Waals surface area contributed by atoms with Gasteiger partial charge in [0.1, 0.15) is 5.75 Å². The zero-order chi connectivity index (χ0) is 19.2. The molecule has 2 aromatic carbocycles. The van der Waals surface area contributed by atoms with Crippen molar-refractivity contribution >= 4 is 34.3 Å². The summed E-state index contributed by atoms with van der Waals surface area (Å²) in [5.41, 5.74) is 1.24. The maximum Gasteiger partial charge on any atom is 0.261 e. The van der Waals surface area contributed by atoms with Crippen LogP contribution in [0.1, 0.15) is 13.3 Å². The maximum atomic E-state index is 12.4. The molecule has 0 spiro atoms. The summed E-state index contributed by atoms with van der Waals surface area (Å²) in [5, 5.41) is 4.06. The summed E-state index contributed by atoms with van der Waals surface area (Å²) < 4.78 is 7.04. The second-order valence-electron chi connectivity index (χ2n) is 5.85. The Labute approximate surface area is 161 Å². The third kappa shape index (κ3) is 4.49. The van der Waals surface area contributed by atoms with Crippen molar-refractivity contribution in [2.45, 2.75) is 18.5 Å². The van der Waals surface area contributed by atoms with Gasteiger partial charge in [0.2, 0.25) is 5.91 Å². The average molecular weight is 383 g/mol. The third-order valence-corrected chi connectivity index (χ3v) is 4.99. The summed E-state index contributed by atoms with van der Waals surface area (Å²) in [5.74, 6) is 1.06. The van der Waals surface area contributed by atoms with Gasteiger partial charge in [-0.15, -0.1) is 0 Å². The van der Waals surface area contributed by atoms with E-state index in [9.17, 15) is 9.59 Å². The average Bonchev–Trinajstić information content (AvgIpc) is 2.67. The van der Waals surface area contributed by atoms with Crippen molar-refractivity contribution in [3.8, 4) is 5.75 Å². The number of thioether (sulfide) groups is 1. The Hall–Kier alpha value is -2.80. The topological polar surface area (TPSA) is 73.2 Å². The van der Waals surface area contributed by atoms with Crippen molar-refractivity contribution in [3.63, 3.8) is 0 Å². The van der Waals surface area contributed by atoms with Crippen molar-refractivity contribution in [3.05, 3.63) is 58.9 Å². The van der Waals surface area contributed by atoms with Crippen LogP contribution in [-0.2, 0) is 11.8 Å². The number of para-hydroxylation sites is 3. The van der Waals surface area contributed by atoms with Gasteiger partial charge in [-0.1, -0.05) is 36.0 Å². The van der Waals surface area contributed by atoms with E-state index >= 15 is 0 Å². The Morgan fingerprint density at radius 3 is 2.74 bits per heavy atom.